The van der Waals surface area contributed by atoms with Crippen LogP contribution in [0.5, 0.6) is 0 Å². The molecule has 0 radical (unpaired) electrons. The Morgan fingerprint density at radius 2 is 2.26 bits per heavy atom. The van der Waals surface area contributed by atoms with E-state index < -0.39 is 0 Å². The summed E-state index contributed by atoms with van der Waals surface area (Å²) in [4.78, 5) is 15.4. The molecule has 0 spiro atoms. The molecule has 1 aromatic heterocycles. The van der Waals surface area contributed by atoms with Gasteiger partial charge in [0.2, 0.25) is 0 Å². The third kappa shape index (κ3) is 2.30. The van der Waals surface area contributed by atoms with E-state index in [1.807, 2.05) is 18.2 Å². The van der Waals surface area contributed by atoms with Crippen molar-refractivity contribution in [3.63, 3.8) is 0 Å². The van der Waals surface area contributed by atoms with Gasteiger partial charge in [0.15, 0.2) is 0 Å². The summed E-state index contributed by atoms with van der Waals surface area (Å²) >= 11 is 0. The van der Waals surface area contributed by atoms with Crippen LogP contribution in [0.3, 0.4) is 0 Å². The van der Waals surface area contributed by atoms with Crippen LogP contribution in [0, 0.1) is 5.92 Å². The highest BCUT2D eigenvalue weighted by Crippen LogP contribution is 2.26. The summed E-state index contributed by atoms with van der Waals surface area (Å²) in [7, 11) is 0. The van der Waals surface area contributed by atoms with E-state index in [0.29, 0.717) is 23.2 Å². The van der Waals surface area contributed by atoms with Crippen molar-refractivity contribution in [3.8, 4) is 0 Å². The van der Waals surface area contributed by atoms with E-state index in [1.165, 1.54) is 6.42 Å². The summed E-state index contributed by atoms with van der Waals surface area (Å²) in [5, 5.41) is 4.02. The van der Waals surface area contributed by atoms with Gasteiger partial charge in [-0.2, -0.15) is 0 Å². The molecule has 0 saturated heterocycles. The maximum Gasteiger partial charge on any atom is 0.253 e. The highest BCUT2D eigenvalue weighted by Gasteiger charge is 2.24. The number of nitrogen functional groups attached to an aromatic ring is 1. The van der Waals surface area contributed by atoms with Crippen LogP contribution in [0.25, 0.3) is 10.9 Å². The number of aromatic amines is 1. The summed E-state index contributed by atoms with van der Waals surface area (Å²) in [6, 6.07) is 5.89. The fraction of sp³-hybridized carbons (Fsp3) is 0.400. The third-order valence-corrected chi connectivity index (χ3v) is 3.98. The zero-order chi connectivity index (χ0) is 13.4. The minimum absolute atomic E-state index is 0.00375. The molecule has 4 heteroatoms. The van der Waals surface area contributed by atoms with Gasteiger partial charge in [-0.15, -0.1) is 0 Å². The zero-order valence-corrected chi connectivity index (χ0v) is 11.1. The Morgan fingerprint density at radius 1 is 1.42 bits per heavy atom. The molecule has 0 aliphatic heterocycles. The van der Waals surface area contributed by atoms with E-state index in [2.05, 4.69) is 17.2 Å². The highest BCUT2D eigenvalue weighted by molar-refractivity contribution is 6.07. The van der Waals surface area contributed by atoms with Crippen LogP contribution in [0.4, 0.5) is 5.69 Å². The van der Waals surface area contributed by atoms with Crippen molar-refractivity contribution in [1.82, 2.24) is 10.3 Å². The minimum atomic E-state index is -0.00375. The molecule has 2 atom stereocenters. The third-order valence-electron chi connectivity index (χ3n) is 3.98. The fourth-order valence-electron chi connectivity index (χ4n) is 2.93. The topological polar surface area (TPSA) is 70.9 Å². The van der Waals surface area contributed by atoms with Crippen molar-refractivity contribution in [1.29, 1.82) is 0 Å². The molecule has 4 N–H and O–H groups in total. The predicted octanol–water partition coefficient (Wildman–Crippen LogP) is 2.67. The second-order valence-corrected chi connectivity index (χ2v) is 5.60. The van der Waals surface area contributed by atoms with E-state index in [0.717, 1.165) is 23.7 Å². The van der Waals surface area contributed by atoms with Crippen molar-refractivity contribution in [3.05, 3.63) is 30.0 Å². The molecule has 100 valence electrons. The second-order valence-electron chi connectivity index (χ2n) is 5.60. The molecule has 2 aromatic rings. The first-order valence-electron chi connectivity index (χ1n) is 6.81. The Kier molecular flexibility index (Phi) is 2.93. The lowest BCUT2D eigenvalue weighted by Gasteiger charge is -2.11. The van der Waals surface area contributed by atoms with Crippen LogP contribution in [-0.2, 0) is 0 Å². The number of benzene rings is 1. The van der Waals surface area contributed by atoms with Gasteiger partial charge in [0.1, 0.15) is 0 Å². The smallest absolute Gasteiger partial charge is 0.253 e. The van der Waals surface area contributed by atoms with Gasteiger partial charge in [-0.25, -0.2) is 0 Å². The molecular weight excluding hydrogens is 238 g/mol. The largest absolute Gasteiger partial charge is 0.399 e. The molecule has 4 nitrogen and oxygen atoms in total. The first-order valence-corrected chi connectivity index (χ1v) is 6.81. The molecule has 1 fully saturated rings. The summed E-state index contributed by atoms with van der Waals surface area (Å²) in [6.45, 7) is 2.23. The molecule has 3 rings (SSSR count). The van der Waals surface area contributed by atoms with E-state index in [-0.39, 0.29) is 5.91 Å². The lowest BCUT2D eigenvalue weighted by atomic mass is 10.1. The zero-order valence-electron chi connectivity index (χ0n) is 11.1. The van der Waals surface area contributed by atoms with Crippen molar-refractivity contribution in [2.24, 2.45) is 5.92 Å². The second kappa shape index (κ2) is 4.61. The maximum absolute atomic E-state index is 12.3. The number of rotatable bonds is 2. The summed E-state index contributed by atoms with van der Waals surface area (Å²) in [5.74, 6) is 0.708. The first kappa shape index (κ1) is 12.1. The molecule has 1 amide bonds. The van der Waals surface area contributed by atoms with Crippen molar-refractivity contribution < 1.29 is 4.79 Å². The number of hydrogen-bond acceptors (Lipinski definition) is 2. The molecular formula is C15H19N3O. The number of fused-ring (bicyclic) bond motifs is 1. The normalized spacial score (nSPS) is 22.8. The quantitative estimate of drug-likeness (QED) is 0.724. The number of amides is 1. The van der Waals surface area contributed by atoms with Gasteiger partial charge < -0.3 is 16.0 Å². The Bertz CT molecular complexity index is 617. The van der Waals surface area contributed by atoms with E-state index in [1.54, 1.807) is 6.20 Å². The van der Waals surface area contributed by atoms with Gasteiger partial charge in [0.05, 0.1) is 5.56 Å². The Hall–Kier alpha value is -1.97. The Morgan fingerprint density at radius 3 is 3.00 bits per heavy atom. The molecule has 1 aliphatic rings. The number of hydrogen-bond donors (Lipinski definition) is 3. The van der Waals surface area contributed by atoms with Crippen LogP contribution < -0.4 is 11.1 Å². The van der Waals surface area contributed by atoms with E-state index in [4.69, 9.17) is 5.73 Å². The molecule has 19 heavy (non-hydrogen) atoms. The SMILES string of the molecule is CC1CCC(NC(=O)c2c[nH]c3ccc(N)cc23)C1. The minimum Gasteiger partial charge on any atom is -0.399 e. The van der Waals surface area contributed by atoms with Crippen LogP contribution >= 0.6 is 0 Å². The van der Waals surface area contributed by atoms with Crippen molar-refractivity contribution in [2.45, 2.75) is 32.2 Å². The predicted molar refractivity (Wildman–Crippen MR) is 77.0 cm³/mol. The lowest BCUT2D eigenvalue weighted by Crippen LogP contribution is -2.32. The molecule has 1 heterocycles. The molecule has 2 unspecified atom stereocenters. The van der Waals surface area contributed by atoms with Crippen LogP contribution in [0.1, 0.15) is 36.5 Å². The number of nitrogens with one attached hydrogen (secondary N) is 2. The van der Waals surface area contributed by atoms with Crippen molar-refractivity contribution in [2.75, 3.05) is 5.73 Å². The van der Waals surface area contributed by atoms with E-state index in [9.17, 15) is 4.79 Å². The number of anilines is 1. The fourth-order valence-corrected chi connectivity index (χ4v) is 2.93. The van der Waals surface area contributed by atoms with Gasteiger partial charge in [-0.1, -0.05) is 6.92 Å². The van der Waals surface area contributed by atoms with E-state index >= 15 is 0 Å². The lowest BCUT2D eigenvalue weighted by molar-refractivity contribution is 0.0939. The number of carbonyl (C=O) groups is 1. The Balaban J connectivity index is 1.83. The molecule has 1 aliphatic carbocycles. The number of H-pyrrole nitrogens is 1. The van der Waals surface area contributed by atoms with Gasteiger partial charge in [-0.05, 0) is 43.4 Å². The summed E-state index contributed by atoms with van der Waals surface area (Å²) in [5.41, 5.74) is 8.09. The average molecular weight is 257 g/mol. The highest BCUT2D eigenvalue weighted by atomic mass is 16.1. The van der Waals surface area contributed by atoms with Gasteiger partial charge in [0.25, 0.3) is 5.91 Å². The van der Waals surface area contributed by atoms with Crippen LogP contribution in [0.15, 0.2) is 24.4 Å². The monoisotopic (exact) mass is 257 g/mol. The van der Waals surface area contributed by atoms with Crippen LogP contribution in [0.2, 0.25) is 0 Å². The molecule has 0 bridgehead atoms. The number of carbonyl (C=O) groups excluding carboxylic acids is 1. The van der Waals surface area contributed by atoms with Crippen LogP contribution in [-0.4, -0.2) is 16.9 Å². The Labute approximate surface area is 112 Å². The average Bonchev–Trinajstić information content (AvgIpc) is 2.95. The summed E-state index contributed by atoms with van der Waals surface area (Å²) < 4.78 is 0. The number of aromatic nitrogens is 1. The standard InChI is InChI=1S/C15H19N3O/c1-9-2-4-11(6-9)18-15(19)13-8-17-14-5-3-10(16)7-12(13)14/h3,5,7-9,11,17H,2,4,6,16H2,1H3,(H,18,19). The first-order chi connectivity index (χ1) is 9.13. The van der Waals surface area contributed by atoms with Gasteiger partial charge in [-0.3, -0.25) is 4.79 Å². The maximum atomic E-state index is 12.3. The van der Waals surface area contributed by atoms with Gasteiger partial charge in [0, 0.05) is 28.8 Å². The summed E-state index contributed by atoms with van der Waals surface area (Å²) in [6.07, 6.45) is 5.12. The van der Waals surface area contributed by atoms with Gasteiger partial charge >= 0.3 is 0 Å². The molecule has 1 saturated carbocycles. The molecule has 1 aromatic carbocycles. The number of nitrogens with two attached hydrogens (primary N) is 1. The van der Waals surface area contributed by atoms with Crippen molar-refractivity contribution >= 4 is 22.5 Å².